The van der Waals surface area contributed by atoms with Crippen molar-refractivity contribution in [2.45, 2.75) is 104 Å². The smallest absolute Gasteiger partial charge is 0.303 e. The van der Waals surface area contributed by atoms with Crippen molar-refractivity contribution in [3.05, 3.63) is 0 Å². The number of aliphatic carboxylic acids is 1. The Balaban J connectivity index is 3.26. The van der Waals surface area contributed by atoms with Gasteiger partial charge in [-0.2, -0.15) is 0 Å². The van der Waals surface area contributed by atoms with Crippen LogP contribution in [-0.4, -0.2) is 11.1 Å². The van der Waals surface area contributed by atoms with E-state index in [0.29, 0.717) is 6.42 Å². The maximum Gasteiger partial charge on any atom is 0.303 e. The fraction of sp³-hybridized carbons (Fsp3) is 0.944. The zero-order valence-corrected chi connectivity index (χ0v) is 14.0. The Kier molecular flexibility index (Phi) is 11.9. The largest absolute Gasteiger partial charge is 0.481 e. The lowest BCUT2D eigenvalue weighted by molar-refractivity contribution is -0.139. The second-order valence-corrected chi connectivity index (χ2v) is 7.02. The van der Waals surface area contributed by atoms with Gasteiger partial charge in [0, 0.05) is 0 Å². The molecule has 0 aromatic heterocycles. The van der Waals surface area contributed by atoms with Crippen LogP contribution in [0, 0.1) is 5.41 Å². The second kappa shape index (κ2) is 12.2. The first-order chi connectivity index (χ1) is 9.48. The summed E-state index contributed by atoms with van der Waals surface area (Å²) in [6, 6.07) is 0. The topological polar surface area (TPSA) is 37.3 Å². The summed E-state index contributed by atoms with van der Waals surface area (Å²) in [5, 5.41) is 8.83. The number of rotatable bonds is 14. The van der Waals surface area contributed by atoms with Crippen molar-refractivity contribution >= 4 is 5.97 Å². The molecular weight excluding hydrogens is 248 g/mol. The molecule has 0 aliphatic carbocycles. The summed E-state index contributed by atoms with van der Waals surface area (Å²) in [7, 11) is 0. The summed E-state index contributed by atoms with van der Waals surface area (Å²) in [5.74, 6) is -0.668. The third-order valence-electron chi connectivity index (χ3n) is 4.09. The zero-order chi connectivity index (χ0) is 15.3. The molecular formula is C18H36O2. The van der Waals surface area contributed by atoms with E-state index in [4.69, 9.17) is 5.11 Å². The number of hydrogen-bond donors (Lipinski definition) is 1. The minimum absolute atomic E-state index is 0.0366. The first-order valence-corrected chi connectivity index (χ1v) is 8.70. The third-order valence-corrected chi connectivity index (χ3v) is 4.09. The predicted molar refractivity (Wildman–Crippen MR) is 87.1 cm³/mol. The van der Waals surface area contributed by atoms with E-state index in [1.807, 2.05) is 0 Å². The quantitative estimate of drug-likeness (QED) is 0.386. The van der Waals surface area contributed by atoms with Gasteiger partial charge >= 0.3 is 5.97 Å². The minimum atomic E-state index is -0.668. The van der Waals surface area contributed by atoms with Crippen LogP contribution in [0.15, 0.2) is 0 Å². The Morgan fingerprint density at radius 3 is 1.60 bits per heavy atom. The third kappa shape index (κ3) is 13.9. The van der Waals surface area contributed by atoms with Crippen LogP contribution in [0.3, 0.4) is 0 Å². The molecule has 20 heavy (non-hydrogen) atoms. The lowest BCUT2D eigenvalue weighted by atomic mass is 9.83. The molecule has 0 aromatic carbocycles. The van der Waals surface area contributed by atoms with Crippen molar-refractivity contribution in [2.24, 2.45) is 5.41 Å². The van der Waals surface area contributed by atoms with Gasteiger partial charge in [-0.15, -0.1) is 0 Å². The van der Waals surface area contributed by atoms with Crippen molar-refractivity contribution in [3.63, 3.8) is 0 Å². The molecule has 0 fully saturated rings. The highest BCUT2D eigenvalue weighted by Gasteiger charge is 2.20. The predicted octanol–water partition coefficient (Wildman–Crippen LogP) is 6.19. The fourth-order valence-electron chi connectivity index (χ4n) is 2.77. The van der Waals surface area contributed by atoms with Gasteiger partial charge in [-0.3, -0.25) is 4.79 Å². The second-order valence-electron chi connectivity index (χ2n) is 7.02. The van der Waals surface area contributed by atoms with Crippen LogP contribution in [0.4, 0.5) is 0 Å². The van der Waals surface area contributed by atoms with Crippen LogP contribution in [0.5, 0.6) is 0 Å². The van der Waals surface area contributed by atoms with Gasteiger partial charge in [0.15, 0.2) is 0 Å². The van der Waals surface area contributed by atoms with Crippen molar-refractivity contribution in [1.29, 1.82) is 0 Å². The van der Waals surface area contributed by atoms with Gasteiger partial charge in [0.2, 0.25) is 0 Å². The van der Waals surface area contributed by atoms with Gasteiger partial charge in [0.05, 0.1) is 6.42 Å². The maximum absolute atomic E-state index is 10.7. The SMILES string of the molecule is CCCCCCCCCCCCCC(C)(C)CC(=O)O. The van der Waals surface area contributed by atoms with Crippen LogP contribution >= 0.6 is 0 Å². The Hall–Kier alpha value is -0.530. The van der Waals surface area contributed by atoms with Gasteiger partial charge in [-0.1, -0.05) is 91.4 Å². The lowest BCUT2D eigenvalue weighted by Gasteiger charge is -2.21. The summed E-state index contributed by atoms with van der Waals surface area (Å²) in [6.45, 7) is 6.40. The van der Waals surface area contributed by atoms with Crippen LogP contribution in [0.1, 0.15) is 104 Å². The summed E-state index contributed by atoms with van der Waals surface area (Å²) < 4.78 is 0. The maximum atomic E-state index is 10.7. The molecule has 0 radical (unpaired) electrons. The first-order valence-electron chi connectivity index (χ1n) is 8.70. The Labute approximate surface area is 126 Å². The summed E-state index contributed by atoms with van der Waals surface area (Å²) in [5.41, 5.74) is -0.0366. The number of carboxylic acids is 1. The van der Waals surface area contributed by atoms with E-state index in [0.717, 1.165) is 6.42 Å². The molecule has 0 amide bonds. The standard InChI is InChI=1S/C18H36O2/c1-4-5-6-7-8-9-10-11-12-13-14-15-18(2,3)16-17(19)20/h4-16H2,1-3H3,(H,19,20). The van der Waals surface area contributed by atoms with Gasteiger partial charge in [-0.25, -0.2) is 0 Å². The van der Waals surface area contributed by atoms with E-state index in [1.165, 1.54) is 70.6 Å². The Morgan fingerprint density at radius 2 is 1.20 bits per heavy atom. The molecule has 2 heteroatoms. The Morgan fingerprint density at radius 1 is 0.800 bits per heavy atom. The van der Waals surface area contributed by atoms with Crippen molar-refractivity contribution in [1.82, 2.24) is 0 Å². The minimum Gasteiger partial charge on any atom is -0.481 e. The van der Waals surface area contributed by atoms with Crippen molar-refractivity contribution in [3.8, 4) is 0 Å². The fourth-order valence-corrected chi connectivity index (χ4v) is 2.77. The summed E-state index contributed by atoms with van der Waals surface area (Å²) >= 11 is 0. The lowest BCUT2D eigenvalue weighted by Crippen LogP contribution is -2.16. The molecule has 0 saturated carbocycles. The molecule has 0 unspecified atom stereocenters. The van der Waals surface area contributed by atoms with E-state index in [2.05, 4.69) is 20.8 Å². The molecule has 0 saturated heterocycles. The van der Waals surface area contributed by atoms with Crippen molar-refractivity contribution in [2.75, 3.05) is 0 Å². The van der Waals surface area contributed by atoms with E-state index in [-0.39, 0.29) is 5.41 Å². The van der Waals surface area contributed by atoms with Gasteiger partial charge < -0.3 is 5.11 Å². The molecule has 0 heterocycles. The van der Waals surface area contributed by atoms with E-state index >= 15 is 0 Å². The first kappa shape index (κ1) is 19.5. The number of carbonyl (C=O) groups is 1. The molecule has 0 aromatic rings. The molecule has 1 N–H and O–H groups in total. The van der Waals surface area contributed by atoms with Gasteiger partial charge in [-0.05, 0) is 11.8 Å². The van der Waals surface area contributed by atoms with E-state index in [9.17, 15) is 4.79 Å². The summed E-state index contributed by atoms with van der Waals surface area (Å²) in [4.78, 5) is 10.7. The number of hydrogen-bond acceptors (Lipinski definition) is 1. The highest BCUT2D eigenvalue weighted by molar-refractivity contribution is 5.67. The zero-order valence-electron chi connectivity index (χ0n) is 14.0. The average Bonchev–Trinajstić information content (AvgIpc) is 2.34. The summed E-state index contributed by atoms with van der Waals surface area (Å²) in [6.07, 6.45) is 16.2. The number of carboxylic acid groups (broad SMARTS) is 1. The number of unbranched alkanes of at least 4 members (excludes halogenated alkanes) is 10. The van der Waals surface area contributed by atoms with Gasteiger partial charge in [0.1, 0.15) is 0 Å². The monoisotopic (exact) mass is 284 g/mol. The van der Waals surface area contributed by atoms with Gasteiger partial charge in [0.25, 0.3) is 0 Å². The van der Waals surface area contributed by atoms with Crippen LogP contribution in [0.2, 0.25) is 0 Å². The molecule has 0 aliphatic rings. The molecule has 0 aliphatic heterocycles. The molecule has 2 nitrogen and oxygen atoms in total. The average molecular weight is 284 g/mol. The normalized spacial score (nSPS) is 11.8. The highest BCUT2D eigenvalue weighted by atomic mass is 16.4. The van der Waals surface area contributed by atoms with E-state index < -0.39 is 5.97 Å². The highest BCUT2D eigenvalue weighted by Crippen LogP contribution is 2.27. The molecule has 0 bridgehead atoms. The van der Waals surface area contributed by atoms with Crippen LogP contribution in [0.25, 0.3) is 0 Å². The van der Waals surface area contributed by atoms with Crippen molar-refractivity contribution < 1.29 is 9.90 Å². The Bertz CT molecular complexity index is 234. The molecule has 0 rings (SSSR count). The van der Waals surface area contributed by atoms with Crippen LogP contribution in [-0.2, 0) is 4.79 Å². The molecule has 0 spiro atoms. The molecule has 120 valence electrons. The van der Waals surface area contributed by atoms with Crippen LogP contribution < -0.4 is 0 Å². The van der Waals surface area contributed by atoms with E-state index in [1.54, 1.807) is 0 Å². The molecule has 0 atom stereocenters.